The van der Waals surface area contributed by atoms with E-state index in [0.717, 1.165) is 17.2 Å². The van der Waals surface area contributed by atoms with Crippen molar-refractivity contribution in [2.45, 2.75) is 32.9 Å². The van der Waals surface area contributed by atoms with Crippen molar-refractivity contribution in [2.24, 2.45) is 4.99 Å². The maximum atomic E-state index is 14.1. The third-order valence-corrected chi connectivity index (χ3v) is 4.31. The van der Waals surface area contributed by atoms with Gasteiger partial charge in [-0.15, -0.1) is 0 Å². The summed E-state index contributed by atoms with van der Waals surface area (Å²) in [5.74, 6) is -1.39. The number of aliphatic imine (C=N–C) groups is 1. The van der Waals surface area contributed by atoms with Crippen LogP contribution in [-0.4, -0.2) is 42.9 Å². The van der Waals surface area contributed by atoms with Crippen LogP contribution in [0.5, 0.6) is 0 Å². The Morgan fingerprint density at radius 3 is 2.45 bits per heavy atom. The van der Waals surface area contributed by atoms with Crippen LogP contribution in [0.25, 0.3) is 6.08 Å². The number of carbonyl (C=O) groups is 2. The Morgan fingerprint density at radius 1 is 1.21 bits per heavy atom. The first-order chi connectivity index (χ1) is 15.5. The molecule has 172 valence electrons. The van der Waals surface area contributed by atoms with Gasteiger partial charge in [-0.2, -0.15) is 5.26 Å². The highest BCUT2D eigenvalue weighted by atomic mass is 19.1. The molecule has 33 heavy (non-hydrogen) atoms. The number of amides is 1. The highest BCUT2D eigenvalue weighted by Crippen LogP contribution is 2.27. The molecule has 0 saturated carbocycles. The molecule has 0 radical (unpaired) electrons. The summed E-state index contributed by atoms with van der Waals surface area (Å²) in [6.07, 6.45) is 3.65. The van der Waals surface area contributed by atoms with E-state index in [9.17, 15) is 14.0 Å². The van der Waals surface area contributed by atoms with Crippen molar-refractivity contribution in [1.82, 2.24) is 4.90 Å². The Bertz CT molecular complexity index is 1110. The minimum Gasteiger partial charge on any atom is -0.465 e. The monoisotopic (exact) mass is 451 g/mol. The SMILES string of the molecule is COC(=O)c1cc(F)cc(N=Cc2ccc(CN(C)C(=O)OC(C)(C)C)cc2)c1/C=C/C#N. The van der Waals surface area contributed by atoms with Crippen LogP contribution in [0.2, 0.25) is 0 Å². The van der Waals surface area contributed by atoms with Gasteiger partial charge in [-0.05, 0) is 44.0 Å². The molecule has 2 aromatic rings. The molecule has 0 unspecified atom stereocenters. The lowest BCUT2D eigenvalue weighted by Gasteiger charge is -2.24. The van der Waals surface area contributed by atoms with Gasteiger partial charge >= 0.3 is 12.1 Å². The predicted molar refractivity (Wildman–Crippen MR) is 124 cm³/mol. The Balaban J connectivity index is 2.24. The van der Waals surface area contributed by atoms with Gasteiger partial charge in [0, 0.05) is 37.5 Å². The van der Waals surface area contributed by atoms with E-state index in [2.05, 4.69) is 4.99 Å². The van der Waals surface area contributed by atoms with E-state index >= 15 is 0 Å². The number of halogens is 1. The summed E-state index contributed by atoms with van der Waals surface area (Å²) in [4.78, 5) is 29.9. The molecule has 0 atom stereocenters. The van der Waals surface area contributed by atoms with Crippen molar-refractivity contribution >= 4 is 30.0 Å². The highest BCUT2D eigenvalue weighted by molar-refractivity contribution is 5.97. The molecule has 0 aliphatic rings. The summed E-state index contributed by atoms with van der Waals surface area (Å²) in [6.45, 7) is 5.78. The minimum absolute atomic E-state index is 0.0309. The number of nitrogens with zero attached hydrogens (tertiary/aromatic N) is 3. The van der Waals surface area contributed by atoms with Gasteiger partial charge in [0.25, 0.3) is 0 Å². The average Bonchev–Trinajstić information content (AvgIpc) is 2.75. The van der Waals surface area contributed by atoms with Gasteiger partial charge in [-0.1, -0.05) is 24.3 Å². The quantitative estimate of drug-likeness (QED) is 0.339. The van der Waals surface area contributed by atoms with E-state index in [0.29, 0.717) is 6.54 Å². The third kappa shape index (κ3) is 7.58. The molecular formula is C25H26FN3O4. The van der Waals surface area contributed by atoms with Crippen molar-refractivity contribution in [3.63, 3.8) is 0 Å². The highest BCUT2D eigenvalue weighted by Gasteiger charge is 2.19. The summed E-state index contributed by atoms with van der Waals surface area (Å²) in [7, 11) is 2.85. The van der Waals surface area contributed by atoms with Gasteiger partial charge in [0.1, 0.15) is 11.4 Å². The van der Waals surface area contributed by atoms with Crippen LogP contribution in [0.4, 0.5) is 14.9 Å². The van der Waals surface area contributed by atoms with E-state index in [1.165, 1.54) is 36.4 Å². The molecule has 0 aliphatic heterocycles. The predicted octanol–water partition coefficient (Wildman–Crippen LogP) is 5.27. The van der Waals surface area contributed by atoms with Crippen LogP contribution in [0.1, 0.15) is 47.8 Å². The number of hydrogen-bond donors (Lipinski definition) is 0. The molecule has 0 spiro atoms. The molecule has 0 saturated heterocycles. The fourth-order valence-electron chi connectivity index (χ4n) is 2.82. The maximum Gasteiger partial charge on any atom is 0.410 e. The maximum absolute atomic E-state index is 14.1. The van der Waals surface area contributed by atoms with Gasteiger partial charge in [-0.25, -0.2) is 14.0 Å². The molecule has 7 nitrogen and oxygen atoms in total. The van der Waals surface area contributed by atoms with E-state index in [4.69, 9.17) is 14.7 Å². The largest absolute Gasteiger partial charge is 0.465 e. The first kappa shape index (κ1) is 25.3. The normalized spacial score (nSPS) is 11.4. The van der Waals surface area contributed by atoms with Crippen LogP contribution in [0.15, 0.2) is 47.5 Å². The number of nitriles is 1. The Kier molecular flexibility index (Phi) is 8.46. The summed E-state index contributed by atoms with van der Waals surface area (Å²) in [6, 6.07) is 11.3. The summed E-state index contributed by atoms with van der Waals surface area (Å²) < 4.78 is 24.1. The van der Waals surface area contributed by atoms with E-state index in [1.807, 2.05) is 18.2 Å². The van der Waals surface area contributed by atoms with Crippen LogP contribution >= 0.6 is 0 Å². The lowest BCUT2D eigenvalue weighted by atomic mass is 10.0. The van der Waals surface area contributed by atoms with Crippen molar-refractivity contribution in [3.05, 3.63) is 70.5 Å². The van der Waals surface area contributed by atoms with Crippen molar-refractivity contribution in [1.29, 1.82) is 5.26 Å². The van der Waals surface area contributed by atoms with Gasteiger partial charge in [0.2, 0.25) is 0 Å². The number of esters is 1. The van der Waals surface area contributed by atoms with Gasteiger partial charge in [-0.3, -0.25) is 4.99 Å². The second-order valence-electron chi connectivity index (χ2n) is 8.18. The topological polar surface area (TPSA) is 92.0 Å². The Hall–Kier alpha value is -3.99. The van der Waals surface area contributed by atoms with Gasteiger partial charge in [0.05, 0.1) is 24.4 Å². The molecule has 2 aromatic carbocycles. The molecule has 8 heteroatoms. The number of rotatable bonds is 6. The molecular weight excluding hydrogens is 425 g/mol. The second kappa shape index (κ2) is 11.0. The number of ether oxygens (including phenoxy) is 2. The average molecular weight is 451 g/mol. The smallest absolute Gasteiger partial charge is 0.410 e. The first-order valence-electron chi connectivity index (χ1n) is 10.1. The molecule has 0 heterocycles. The van der Waals surface area contributed by atoms with Crippen LogP contribution in [0, 0.1) is 17.1 Å². The summed E-state index contributed by atoms with van der Waals surface area (Å²) in [5, 5.41) is 8.85. The molecule has 0 bridgehead atoms. The molecule has 0 N–H and O–H groups in total. The van der Waals surface area contributed by atoms with E-state index in [-0.39, 0.29) is 16.8 Å². The zero-order chi connectivity index (χ0) is 24.6. The first-order valence-corrected chi connectivity index (χ1v) is 10.1. The number of methoxy groups -OCH3 is 1. The zero-order valence-corrected chi connectivity index (χ0v) is 19.3. The molecule has 0 fully saturated rings. The number of allylic oxidation sites excluding steroid dienone is 1. The van der Waals surface area contributed by atoms with Crippen LogP contribution in [0.3, 0.4) is 0 Å². The number of carbonyl (C=O) groups excluding carboxylic acids is 2. The fraction of sp³-hybridized carbons (Fsp3) is 0.280. The standard InChI is InChI=1S/C25H26FN3O4/c1-25(2,3)33-24(31)29(4)16-18-10-8-17(9-11-18)15-28-22-14-19(26)13-21(23(30)32-5)20(22)7-6-12-27/h6-11,13-15H,16H2,1-5H3/b7-6+,28-15?. The third-order valence-electron chi connectivity index (χ3n) is 4.31. The Morgan fingerprint density at radius 2 is 1.88 bits per heavy atom. The minimum atomic E-state index is -0.734. The van der Waals surface area contributed by atoms with Crippen molar-refractivity contribution in [2.75, 3.05) is 14.2 Å². The van der Waals surface area contributed by atoms with Crippen LogP contribution < -0.4 is 0 Å². The van der Waals surface area contributed by atoms with E-state index < -0.39 is 23.5 Å². The lowest BCUT2D eigenvalue weighted by molar-refractivity contribution is 0.0285. The number of benzene rings is 2. The molecule has 2 rings (SSSR count). The van der Waals surface area contributed by atoms with E-state index in [1.54, 1.807) is 40.0 Å². The second-order valence-corrected chi connectivity index (χ2v) is 8.18. The van der Waals surface area contributed by atoms with Crippen molar-refractivity contribution < 1.29 is 23.5 Å². The molecule has 0 aromatic heterocycles. The van der Waals surface area contributed by atoms with Crippen molar-refractivity contribution in [3.8, 4) is 6.07 Å². The van der Waals surface area contributed by atoms with Gasteiger partial charge in [0.15, 0.2) is 0 Å². The van der Waals surface area contributed by atoms with Crippen LogP contribution in [-0.2, 0) is 16.0 Å². The molecule has 0 aliphatic carbocycles. The Labute approximate surface area is 192 Å². The lowest BCUT2D eigenvalue weighted by Crippen LogP contribution is -2.33. The zero-order valence-electron chi connectivity index (χ0n) is 19.3. The molecule has 1 amide bonds. The number of hydrogen-bond acceptors (Lipinski definition) is 6. The summed E-state index contributed by atoms with van der Waals surface area (Å²) >= 11 is 0. The van der Waals surface area contributed by atoms with Gasteiger partial charge < -0.3 is 14.4 Å². The summed E-state index contributed by atoms with van der Waals surface area (Å²) in [5.41, 5.74) is 1.45. The fourth-order valence-corrected chi connectivity index (χ4v) is 2.82.